The van der Waals surface area contributed by atoms with Crippen molar-refractivity contribution in [2.75, 3.05) is 0 Å². The Labute approximate surface area is 137 Å². The molecule has 1 heterocycles. The van der Waals surface area contributed by atoms with Crippen molar-refractivity contribution in [3.63, 3.8) is 0 Å². The van der Waals surface area contributed by atoms with Crippen molar-refractivity contribution in [3.8, 4) is 0 Å². The monoisotopic (exact) mass is 302 g/mol. The van der Waals surface area contributed by atoms with Crippen LogP contribution in [0.4, 0.5) is 0 Å². The number of carbonyl (C=O) groups is 2. The van der Waals surface area contributed by atoms with Crippen LogP contribution in [0.3, 0.4) is 0 Å². The second-order valence-corrected chi connectivity index (χ2v) is 5.04. The molecular weight excluding hydrogens is 295 g/mol. The smallest absolute Gasteiger partial charge is 0.744 e. The Balaban J connectivity index is 0.00000200. The number of carbonyl (C=O) groups excluding carboxylic acids is 2. The fraction of sp³-hybridized carbons (Fsp3) is 0. The van der Waals surface area contributed by atoms with Crippen molar-refractivity contribution >= 4 is 28.1 Å². The molecule has 0 fully saturated rings. The molecule has 2 rings (SSSR count). The van der Waals surface area contributed by atoms with Crippen LogP contribution in [0.2, 0.25) is 0 Å². The predicted octanol–water partition coefficient (Wildman–Crippen LogP) is -2.38. The van der Waals surface area contributed by atoms with E-state index in [0.717, 1.165) is 18.2 Å². The van der Waals surface area contributed by atoms with Gasteiger partial charge in [0, 0.05) is 6.08 Å². The second-order valence-electron chi connectivity index (χ2n) is 3.66. The van der Waals surface area contributed by atoms with Crippen LogP contribution >= 0.6 is 0 Å². The third kappa shape index (κ3) is 4.12. The summed E-state index contributed by atoms with van der Waals surface area (Å²) in [6, 6.07) is 5.14. The minimum Gasteiger partial charge on any atom is -0.744 e. The Hall–Kier alpha value is -1.25. The van der Waals surface area contributed by atoms with Gasteiger partial charge in [-0.1, -0.05) is 18.2 Å². The summed E-state index contributed by atoms with van der Waals surface area (Å²) in [6.07, 6.45) is 3.91. The zero-order valence-corrected chi connectivity index (χ0v) is 13.2. The molecule has 0 radical (unpaired) electrons. The van der Waals surface area contributed by atoms with Gasteiger partial charge in [0.2, 0.25) is 0 Å². The maximum absolute atomic E-state index is 11.1. The summed E-state index contributed by atoms with van der Waals surface area (Å²) in [5.41, 5.74) is 0.672. The fourth-order valence-electron chi connectivity index (χ4n) is 1.41. The van der Waals surface area contributed by atoms with Gasteiger partial charge in [-0.05, 0) is 23.8 Å². The molecule has 98 valence electrons. The van der Waals surface area contributed by atoms with Gasteiger partial charge in [0.15, 0.2) is 0 Å². The van der Waals surface area contributed by atoms with E-state index in [1.165, 1.54) is 24.3 Å². The van der Waals surface area contributed by atoms with Crippen LogP contribution in [-0.4, -0.2) is 24.9 Å². The molecule has 1 aromatic carbocycles. The third-order valence-corrected chi connectivity index (χ3v) is 3.18. The first-order chi connectivity index (χ1) is 8.86. The van der Waals surface area contributed by atoms with Crippen molar-refractivity contribution in [1.82, 2.24) is 0 Å². The normalized spacial score (nSPS) is 14.9. The van der Waals surface area contributed by atoms with Gasteiger partial charge in [0.25, 0.3) is 0 Å². The molecule has 0 aromatic heterocycles. The van der Waals surface area contributed by atoms with Gasteiger partial charge in [0.05, 0.1) is 10.5 Å². The van der Waals surface area contributed by atoms with E-state index in [0.29, 0.717) is 5.56 Å². The molecule has 8 heteroatoms. The SMILES string of the molecule is O=C1C=C(C=Cc2ccc(S(=O)(=O)[O-])cc2)C(=O)O1.[Na+]. The molecule has 0 unspecified atom stereocenters. The maximum Gasteiger partial charge on any atom is 1.00 e. The summed E-state index contributed by atoms with van der Waals surface area (Å²) in [5.74, 6) is -1.46. The number of rotatable bonds is 3. The zero-order chi connectivity index (χ0) is 14.0. The number of cyclic esters (lactones) is 2. The van der Waals surface area contributed by atoms with E-state index < -0.39 is 22.1 Å². The number of benzene rings is 1. The van der Waals surface area contributed by atoms with Gasteiger partial charge in [-0.3, -0.25) is 0 Å². The molecule has 0 saturated heterocycles. The first kappa shape index (κ1) is 16.8. The quantitative estimate of drug-likeness (QED) is 0.267. The maximum atomic E-state index is 11.1. The van der Waals surface area contributed by atoms with E-state index in [4.69, 9.17) is 0 Å². The molecule has 0 bridgehead atoms. The molecular formula is C12H7NaO6S. The molecule has 0 saturated carbocycles. The first-order valence-corrected chi connectivity index (χ1v) is 6.49. The Morgan fingerprint density at radius 1 is 1.05 bits per heavy atom. The molecule has 0 aliphatic carbocycles. The van der Waals surface area contributed by atoms with E-state index in [1.54, 1.807) is 0 Å². The van der Waals surface area contributed by atoms with Gasteiger partial charge in [-0.2, -0.15) is 0 Å². The molecule has 0 spiro atoms. The number of ether oxygens (including phenoxy) is 1. The van der Waals surface area contributed by atoms with Crippen LogP contribution in [0.1, 0.15) is 5.56 Å². The summed E-state index contributed by atoms with van der Waals surface area (Å²) in [6.45, 7) is 0. The number of hydrogen-bond acceptors (Lipinski definition) is 6. The van der Waals surface area contributed by atoms with E-state index in [-0.39, 0.29) is 40.0 Å². The summed E-state index contributed by atoms with van der Waals surface area (Å²) in [5, 5.41) is 0. The van der Waals surface area contributed by atoms with Gasteiger partial charge in [-0.25, -0.2) is 18.0 Å². The van der Waals surface area contributed by atoms with Crippen molar-refractivity contribution < 1.29 is 56.9 Å². The molecule has 20 heavy (non-hydrogen) atoms. The summed E-state index contributed by atoms with van der Waals surface area (Å²) in [7, 11) is -4.47. The standard InChI is InChI=1S/C12H8O6S.Na/c13-11-7-9(12(14)18-11)4-1-8-2-5-10(6-3-8)19(15,16)17;/h1-7H,(H,15,16,17);/q;+1/p-1. The predicted molar refractivity (Wildman–Crippen MR) is 62.6 cm³/mol. The van der Waals surface area contributed by atoms with Gasteiger partial charge >= 0.3 is 41.5 Å². The van der Waals surface area contributed by atoms with Crippen LogP contribution < -0.4 is 29.6 Å². The van der Waals surface area contributed by atoms with E-state index >= 15 is 0 Å². The Morgan fingerprint density at radius 2 is 1.65 bits per heavy atom. The van der Waals surface area contributed by atoms with Crippen LogP contribution in [0.15, 0.2) is 46.9 Å². The molecule has 1 aromatic rings. The average molecular weight is 302 g/mol. The van der Waals surface area contributed by atoms with Crippen LogP contribution in [0.25, 0.3) is 6.08 Å². The second kappa shape index (κ2) is 6.47. The van der Waals surface area contributed by atoms with Crippen molar-refractivity contribution in [2.24, 2.45) is 0 Å². The molecule has 1 aliphatic heterocycles. The fourth-order valence-corrected chi connectivity index (χ4v) is 1.88. The van der Waals surface area contributed by atoms with E-state index in [2.05, 4.69) is 4.74 Å². The van der Waals surface area contributed by atoms with Crippen molar-refractivity contribution in [3.05, 3.63) is 47.6 Å². The number of esters is 2. The van der Waals surface area contributed by atoms with Crippen LogP contribution in [-0.2, 0) is 24.4 Å². The largest absolute Gasteiger partial charge is 1.00 e. The van der Waals surface area contributed by atoms with E-state index in [1.807, 2.05) is 0 Å². The van der Waals surface area contributed by atoms with Gasteiger partial charge in [-0.15, -0.1) is 0 Å². The van der Waals surface area contributed by atoms with Gasteiger partial charge < -0.3 is 9.29 Å². The third-order valence-electron chi connectivity index (χ3n) is 2.33. The summed E-state index contributed by atoms with van der Waals surface area (Å²) in [4.78, 5) is 21.5. The van der Waals surface area contributed by atoms with E-state index in [9.17, 15) is 22.6 Å². The topological polar surface area (TPSA) is 101 Å². The number of hydrogen-bond donors (Lipinski definition) is 0. The molecule has 0 atom stereocenters. The average Bonchev–Trinajstić information content (AvgIpc) is 2.65. The Bertz CT molecular complexity index is 700. The molecule has 6 nitrogen and oxygen atoms in total. The minimum atomic E-state index is -4.47. The molecule has 0 amide bonds. The zero-order valence-electron chi connectivity index (χ0n) is 10.4. The summed E-state index contributed by atoms with van der Waals surface area (Å²) < 4.78 is 36.4. The molecule has 0 N–H and O–H groups in total. The van der Waals surface area contributed by atoms with Crippen LogP contribution in [0, 0.1) is 0 Å². The Kier molecular flexibility index (Phi) is 5.43. The molecule has 1 aliphatic rings. The van der Waals surface area contributed by atoms with Crippen LogP contribution in [0.5, 0.6) is 0 Å². The first-order valence-electron chi connectivity index (χ1n) is 5.08. The Morgan fingerprint density at radius 3 is 2.10 bits per heavy atom. The van der Waals surface area contributed by atoms with Crippen molar-refractivity contribution in [2.45, 2.75) is 4.90 Å². The summed E-state index contributed by atoms with van der Waals surface area (Å²) >= 11 is 0. The minimum absolute atomic E-state index is 0. The van der Waals surface area contributed by atoms with Gasteiger partial charge in [0.1, 0.15) is 10.1 Å². The van der Waals surface area contributed by atoms with Crippen molar-refractivity contribution in [1.29, 1.82) is 0 Å².